The fourth-order valence-corrected chi connectivity index (χ4v) is 6.31. The molecule has 0 radical (unpaired) electrons. The first kappa shape index (κ1) is 146. The highest BCUT2D eigenvalue weighted by Gasteiger charge is 2.34. The monoisotopic (exact) mass is 1500 g/mol. The second-order valence-corrected chi connectivity index (χ2v) is 32.9. The third-order valence-electron chi connectivity index (χ3n) is 19.4. The minimum Gasteiger partial charge on any atom is -0.379 e. The first-order chi connectivity index (χ1) is 42.8. The number of carbonyl (C=O) groups is 1. The third kappa shape index (κ3) is 69.0. The SMILES string of the molecule is C.C.C.C.C.C.C.C.C.C=[N+](C)C(C)(C)CC.CC.CC.CC.CC.CC(C)(C)C(C)(C)c1ccccc1.CCC(C)(C)C(C)(C)C.CCC(C)(C)C(C)=O.CCC(C)(C)OC.CCC(C)(C)SC.CN(C)C(C)(C)c1ccccc1.COC(C)(C)c1ccccc1.CSC(C)(C)c1ccccc1. The largest absolute Gasteiger partial charge is 0.379 e. The number of hydrogen-bond acceptors (Lipinski definition) is 6. The van der Waals surface area contributed by atoms with Crippen LogP contribution < -0.4 is 0 Å². The van der Waals surface area contributed by atoms with Gasteiger partial charge in [-0.2, -0.15) is 23.5 Å². The summed E-state index contributed by atoms with van der Waals surface area (Å²) in [4.78, 5) is 12.9. The zero-order chi connectivity index (χ0) is 77.0. The summed E-state index contributed by atoms with van der Waals surface area (Å²) in [5, 5.41) is 0. The van der Waals surface area contributed by atoms with Crippen molar-refractivity contribution in [3.05, 3.63) is 144 Å². The molecule has 4 aromatic rings. The van der Waals surface area contributed by atoms with Crippen LogP contribution in [0.15, 0.2) is 121 Å². The second-order valence-electron chi connectivity index (χ2n) is 30.0. The Balaban J connectivity index is -0.0000000485. The number of hydrogen-bond donors (Lipinski definition) is 0. The van der Waals surface area contributed by atoms with Gasteiger partial charge >= 0.3 is 0 Å². The Hall–Kier alpha value is -3.20. The maximum absolute atomic E-state index is 10.7. The standard InChI is InChI=1S/C13H20.C11H17N.C10H14O.C10H14S.C9H20.C7H16N.C7H14O.C6H14O.C6H14S.4C2H6.9CH4/c1-12(2,3)13(4,5)11-9-7-6-8-10-11;1-11(2,12(3)4)10-8-6-5-7-9-10;2*1-10(2,11-3)9-7-5-4-6-8-9;1-7-9(5,6)8(2,3)4;1-6-7(2,3)8(4)5;1-5-7(3,4)6(2)8;2*1-5-6(2,3)7-4;4*1-2;;;;;;;;;/h6-10H,1-5H3;5-9H,1-4H3;2*4-8H,1-3H3;7H2,1-6H3;4,6H2,1-3,5H3;5H2,1-4H3;2*5H2,1-4H3;4*1-2H3;9*1H4/q;;;;;+1;;;;;;;;;;;;;;;;. The number of benzene rings is 4. The predicted molar refractivity (Wildman–Crippen MR) is 503 cm³/mol. The maximum atomic E-state index is 10.7. The van der Waals surface area contributed by atoms with E-state index in [2.05, 4.69) is 321 Å². The van der Waals surface area contributed by atoms with Crippen LogP contribution in [0.2, 0.25) is 0 Å². The number of ether oxygens (including phenoxy) is 2. The van der Waals surface area contributed by atoms with Gasteiger partial charge < -0.3 is 14.4 Å². The lowest BCUT2D eigenvalue weighted by Crippen LogP contribution is -2.35. The molecule has 0 unspecified atom stereocenters. The Kier molecular flexibility index (Phi) is 105. The number of methoxy groups -OCH3 is 2. The Morgan fingerprint density at radius 1 is 0.408 bits per heavy atom. The van der Waals surface area contributed by atoms with Crippen molar-refractivity contribution < 1.29 is 18.8 Å². The molecule has 4 aromatic carbocycles. The van der Waals surface area contributed by atoms with Crippen LogP contribution in [-0.4, -0.2) is 85.7 Å². The van der Waals surface area contributed by atoms with Gasteiger partial charge in [0.05, 0.1) is 11.2 Å². The lowest BCUT2D eigenvalue weighted by atomic mass is 9.65. The molecule has 0 aliphatic heterocycles. The molecule has 0 aliphatic carbocycles. The van der Waals surface area contributed by atoms with E-state index in [0.29, 0.717) is 21.0 Å². The molecular formula is C96H203N2O3S2+. The molecule has 0 saturated heterocycles. The number of nitrogens with zero attached hydrogens (tertiary/aromatic N) is 2. The Morgan fingerprint density at radius 2 is 0.699 bits per heavy atom. The lowest BCUT2D eigenvalue weighted by Gasteiger charge is -2.39. The van der Waals surface area contributed by atoms with Crippen LogP contribution in [0.4, 0.5) is 0 Å². The number of rotatable bonds is 16. The predicted octanol–water partition coefficient (Wildman–Crippen LogP) is 33.5. The second kappa shape index (κ2) is 74.3. The highest BCUT2D eigenvalue weighted by atomic mass is 32.2. The van der Waals surface area contributed by atoms with Crippen LogP contribution >= 0.6 is 23.5 Å². The maximum Gasteiger partial charge on any atom is 0.155 e. The zero-order valence-electron chi connectivity index (χ0n) is 71.7. The van der Waals surface area contributed by atoms with Gasteiger partial charge in [0.25, 0.3) is 0 Å². The summed E-state index contributed by atoms with van der Waals surface area (Å²) in [5.41, 5.74) is 7.05. The molecule has 0 aromatic heterocycles. The molecule has 0 spiro atoms. The van der Waals surface area contributed by atoms with Gasteiger partial charge in [-0.1, -0.05) is 382 Å². The lowest BCUT2D eigenvalue weighted by molar-refractivity contribution is -0.567. The fraction of sp³-hybridized carbons (Fsp3) is 0.729. The normalized spacial score (nSPS) is 10.4. The molecule has 0 fully saturated rings. The fourth-order valence-electron chi connectivity index (χ4n) is 5.64. The zero-order valence-corrected chi connectivity index (χ0v) is 73.4. The smallest absolute Gasteiger partial charge is 0.155 e. The van der Waals surface area contributed by atoms with Crippen molar-refractivity contribution in [2.75, 3.05) is 47.9 Å². The summed E-state index contributed by atoms with van der Waals surface area (Å²) in [6.45, 7) is 85.3. The van der Waals surface area contributed by atoms with Crippen molar-refractivity contribution in [3.63, 3.8) is 0 Å². The average Bonchev–Trinajstić information content (AvgIpc) is 0.809. The number of Topliss-reactive ketones (excluding diaryl/α,β-unsaturated/α-hetero) is 1. The molecule has 0 heterocycles. The summed E-state index contributed by atoms with van der Waals surface area (Å²) < 4.78 is 13.2. The van der Waals surface area contributed by atoms with Crippen molar-refractivity contribution in [3.8, 4) is 0 Å². The van der Waals surface area contributed by atoms with Gasteiger partial charge in [0.2, 0.25) is 0 Å². The van der Waals surface area contributed by atoms with E-state index in [1.807, 2.05) is 130 Å². The van der Waals surface area contributed by atoms with E-state index in [4.69, 9.17) is 9.47 Å². The molecule has 0 atom stereocenters. The molecule has 0 bridgehead atoms. The van der Waals surface area contributed by atoms with Gasteiger partial charge in [-0.3, -0.25) is 4.79 Å². The molecule has 4 rings (SSSR count). The molecule has 103 heavy (non-hydrogen) atoms. The number of ketones is 1. The quantitative estimate of drug-likeness (QED) is 0.0823. The molecule has 5 nitrogen and oxygen atoms in total. The van der Waals surface area contributed by atoms with Crippen LogP contribution in [0, 0.1) is 21.7 Å². The Labute approximate surface area is 668 Å². The number of carbonyl (C=O) groups excluding carboxylic acids is 1. The van der Waals surface area contributed by atoms with E-state index in [9.17, 15) is 4.79 Å². The van der Waals surface area contributed by atoms with Crippen molar-refractivity contribution in [2.24, 2.45) is 21.7 Å². The van der Waals surface area contributed by atoms with Crippen LogP contribution in [0.1, 0.15) is 384 Å². The van der Waals surface area contributed by atoms with Gasteiger partial charge in [0, 0.05) is 41.1 Å². The molecule has 0 aliphatic rings. The van der Waals surface area contributed by atoms with E-state index in [1.165, 1.54) is 35.1 Å². The molecule has 0 N–H and O–H groups in total. The van der Waals surface area contributed by atoms with E-state index in [0.717, 1.165) is 19.3 Å². The van der Waals surface area contributed by atoms with Crippen LogP contribution in [0.3, 0.4) is 0 Å². The molecular weight excluding hydrogens is 1290 g/mol. The highest BCUT2D eigenvalue weighted by molar-refractivity contribution is 8.00. The van der Waals surface area contributed by atoms with Crippen LogP contribution in [0.25, 0.3) is 0 Å². The highest BCUT2D eigenvalue weighted by Crippen LogP contribution is 2.41. The Bertz CT molecular complexity index is 2190. The van der Waals surface area contributed by atoms with Crippen molar-refractivity contribution >= 4 is 36.0 Å². The van der Waals surface area contributed by atoms with Crippen LogP contribution in [0.5, 0.6) is 0 Å². The van der Waals surface area contributed by atoms with Crippen molar-refractivity contribution in [1.29, 1.82) is 0 Å². The summed E-state index contributed by atoms with van der Waals surface area (Å²) in [6.07, 6.45) is 9.97. The topological polar surface area (TPSA) is 41.8 Å². The van der Waals surface area contributed by atoms with E-state index < -0.39 is 0 Å². The summed E-state index contributed by atoms with van der Waals surface area (Å²) in [7, 11) is 9.68. The van der Waals surface area contributed by atoms with Gasteiger partial charge in [0.15, 0.2) is 5.54 Å². The first-order valence-corrected chi connectivity index (χ1v) is 38.4. The van der Waals surface area contributed by atoms with E-state index in [1.54, 1.807) is 21.1 Å². The molecule has 7 heteroatoms. The summed E-state index contributed by atoms with van der Waals surface area (Å²) >= 11 is 3.81. The average molecular weight is 1500 g/mol. The van der Waals surface area contributed by atoms with Gasteiger partial charge in [-0.15, -0.1) is 0 Å². The third-order valence-corrected chi connectivity index (χ3v) is 22.0. The minimum atomic E-state index is -0.165. The van der Waals surface area contributed by atoms with E-state index >= 15 is 0 Å². The first-order valence-electron chi connectivity index (χ1n) is 36.0. The van der Waals surface area contributed by atoms with Crippen LogP contribution in [-0.2, 0) is 35.6 Å². The van der Waals surface area contributed by atoms with Gasteiger partial charge in [-0.25, -0.2) is 4.58 Å². The van der Waals surface area contributed by atoms with Gasteiger partial charge in [0.1, 0.15) is 19.5 Å². The number of thioether (sulfide) groups is 2. The van der Waals surface area contributed by atoms with Crippen molar-refractivity contribution in [1.82, 2.24) is 4.90 Å². The van der Waals surface area contributed by atoms with Gasteiger partial charge in [-0.05, 0) is 166 Å². The molecule has 0 saturated carbocycles. The van der Waals surface area contributed by atoms with E-state index in [-0.39, 0.29) is 110 Å². The molecule has 626 valence electrons. The minimum absolute atomic E-state index is 0. The van der Waals surface area contributed by atoms with Crippen molar-refractivity contribution in [2.45, 2.75) is 399 Å². The Morgan fingerprint density at radius 3 is 0.835 bits per heavy atom. The molecule has 0 amide bonds. The summed E-state index contributed by atoms with van der Waals surface area (Å²) in [6, 6.07) is 42.1. The summed E-state index contributed by atoms with van der Waals surface area (Å²) in [5.74, 6) is 0.278.